The molecule has 1 N–H and O–H groups in total. The summed E-state index contributed by atoms with van der Waals surface area (Å²) in [5.74, 6) is 0.817. The van der Waals surface area contributed by atoms with Crippen molar-refractivity contribution in [3.8, 4) is 0 Å². The maximum Gasteiger partial charge on any atom is 0.279 e. The number of hydrogen-bond donors (Lipinski definition) is 1. The van der Waals surface area contributed by atoms with Crippen LogP contribution >= 0.6 is 0 Å². The summed E-state index contributed by atoms with van der Waals surface area (Å²) < 4.78 is 30.5. The minimum atomic E-state index is -3.38. The average Bonchev–Trinajstić information content (AvgIpc) is 2.57. The van der Waals surface area contributed by atoms with E-state index in [-0.39, 0.29) is 0 Å². The fraction of sp³-hybridized carbons (Fsp3) is 0.667. The van der Waals surface area contributed by atoms with E-state index in [1.807, 2.05) is 0 Å². The normalized spacial score (nSPS) is 28.8. The highest BCUT2D eigenvalue weighted by Gasteiger charge is 2.17. The molecule has 0 spiro atoms. The van der Waals surface area contributed by atoms with E-state index in [4.69, 9.17) is 4.74 Å². The van der Waals surface area contributed by atoms with Crippen LogP contribution in [0.4, 0.5) is 0 Å². The van der Waals surface area contributed by atoms with Gasteiger partial charge in [0.1, 0.15) is 0 Å². The van der Waals surface area contributed by atoms with Gasteiger partial charge >= 0.3 is 0 Å². The van der Waals surface area contributed by atoms with Gasteiger partial charge in [-0.1, -0.05) is 0 Å². The number of sulfonamides is 1. The van der Waals surface area contributed by atoms with Crippen molar-refractivity contribution < 1.29 is 13.2 Å². The van der Waals surface area contributed by atoms with Gasteiger partial charge in [-0.2, -0.15) is 12.8 Å². The molecule has 84 valence electrons. The zero-order chi connectivity index (χ0) is 10.7. The van der Waals surface area contributed by atoms with Crippen molar-refractivity contribution >= 4 is 16.2 Å². The molecule has 1 atom stereocenters. The quantitative estimate of drug-likeness (QED) is 0.755. The first-order chi connectivity index (χ1) is 7.16. The lowest BCUT2D eigenvalue weighted by atomic mass is 10.0. The lowest BCUT2D eigenvalue weighted by molar-refractivity contribution is 0.163. The Bertz CT molecular complexity index is 380. The van der Waals surface area contributed by atoms with Crippen molar-refractivity contribution in [2.24, 2.45) is 10.3 Å². The van der Waals surface area contributed by atoms with E-state index >= 15 is 0 Å². The van der Waals surface area contributed by atoms with Crippen molar-refractivity contribution in [3.05, 3.63) is 11.2 Å². The Hall–Kier alpha value is -0.880. The molecule has 5 nitrogen and oxygen atoms in total. The van der Waals surface area contributed by atoms with Crippen LogP contribution in [0.15, 0.2) is 15.6 Å². The van der Waals surface area contributed by atoms with Crippen LogP contribution in [0.1, 0.15) is 12.8 Å². The molecule has 2 aliphatic heterocycles. The van der Waals surface area contributed by atoms with Gasteiger partial charge in [0.25, 0.3) is 10.0 Å². The lowest BCUT2D eigenvalue weighted by Crippen LogP contribution is -2.32. The predicted molar refractivity (Wildman–Crippen MR) is 57.0 cm³/mol. The zero-order valence-corrected chi connectivity index (χ0v) is 9.16. The summed E-state index contributed by atoms with van der Waals surface area (Å²) in [6.07, 6.45) is 3.54. The highest BCUT2D eigenvalue weighted by atomic mass is 32.2. The largest absolute Gasteiger partial charge is 0.491 e. The standard InChI is InChI=1S/C9H14N2O3S/c12-15(13)7-9(5-11-15)14-6-8-2-1-3-10-4-8/h5,7-8,10H,1-4,6H2. The SMILES string of the molecule is O=S1(=O)C=C(OCC2CCCNC2)C=N1. The fourth-order valence-electron chi connectivity index (χ4n) is 1.68. The summed E-state index contributed by atoms with van der Waals surface area (Å²) in [6.45, 7) is 2.56. The molecular weight excluding hydrogens is 216 g/mol. The van der Waals surface area contributed by atoms with E-state index in [2.05, 4.69) is 9.71 Å². The highest BCUT2D eigenvalue weighted by Crippen LogP contribution is 2.14. The molecule has 0 amide bonds. The summed E-state index contributed by atoms with van der Waals surface area (Å²) in [5.41, 5.74) is 0. The first kappa shape index (κ1) is 10.6. The van der Waals surface area contributed by atoms with Crippen molar-refractivity contribution in [1.82, 2.24) is 5.32 Å². The fourth-order valence-corrected chi connectivity index (χ4v) is 2.42. The first-order valence-corrected chi connectivity index (χ1v) is 6.52. The van der Waals surface area contributed by atoms with Gasteiger partial charge in [-0.25, -0.2) is 0 Å². The van der Waals surface area contributed by atoms with Crippen LogP contribution in [-0.2, 0) is 14.8 Å². The van der Waals surface area contributed by atoms with Gasteiger partial charge in [-0.15, -0.1) is 0 Å². The maximum atomic E-state index is 10.9. The third kappa shape index (κ3) is 3.04. The summed E-state index contributed by atoms with van der Waals surface area (Å²) in [4.78, 5) is 0. The molecular formula is C9H14N2O3S. The van der Waals surface area contributed by atoms with Crippen LogP contribution < -0.4 is 5.32 Å². The Balaban J connectivity index is 1.81. The number of ether oxygens (including phenoxy) is 1. The molecule has 0 saturated carbocycles. The Morgan fingerprint density at radius 2 is 2.47 bits per heavy atom. The number of piperidine rings is 1. The second kappa shape index (κ2) is 4.32. The number of nitrogens with zero attached hydrogens (tertiary/aromatic N) is 1. The number of rotatable bonds is 3. The Morgan fingerprint density at radius 1 is 1.60 bits per heavy atom. The van der Waals surface area contributed by atoms with Crippen molar-refractivity contribution in [2.45, 2.75) is 12.8 Å². The second-order valence-corrected chi connectivity index (χ2v) is 5.27. The van der Waals surface area contributed by atoms with E-state index < -0.39 is 10.0 Å². The molecule has 15 heavy (non-hydrogen) atoms. The van der Waals surface area contributed by atoms with E-state index in [0.29, 0.717) is 18.3 Å². The van der Waals surface area contributed by atoms with Crippen LogP contribution in [-0.4, -0.2) is 34.3 Å². The van der Waals surface area contributed by atoms with Gasteiger partial charge in [0.15, 0.2) is 5.76 Å². The zero-order valence-electron chi connectivity index (χ0n) is 8.35. The molecule has 0 aromatic heterocycles. The third-order valence-corrected chi connectivity index (χ3v) is 3.41. The van der Waals surface area contributed by atoms with Crippen molar-refractivity contribution in [3.63, 3.8) is 0 Å². The van der Waals surface area contributed by atoms with E-state index in [1.54, 1.807) is 0 Å². The molecule has 6 heteroatoms. The molecule has 2 rings (SSSR count). The molecule has 1 unspecified atom stereocenters. The summed E-state index contributed by atoms with van der Waals surface area (Å²) in [5, 5.41) is 4.33. The predicted octanol–water partition coefficient (Wildman–Crippen LogP) is 0.258. The van der Waals surface area contributed by atoms with Gasteiger partial charge in [0.2, 0.25) is 0 Å². The van der Waals surface area contributed by atoms with Crippen molar-refractivity contribution in [2.75, 3.05) is 19.7 Å². The molecule has 1 saturated heterocycles. The third-order valence-electron chi connectivity index (χ3n) is 2.48. The smallest absolute Gasteiger partial charge is 0.279 e. The monoisotopic (exact) mass is 230 g/mol. The topological polar surface area (TPSA) is 67.8 Å². The van der Waals surface area contributed by atoms with Crippen LogP contribution in [0.3, 0.4) is 0 Å². The Kier molecular flexibility index (Phi) is 3.06. The summed E-state index contributed by atoms with van der Waals surface area (Å²) in [7, 11) is -3.38. The first-order valence-electron chi connectivity index (χ1n) is 5.01. The Morgan fingerprint density at radius 3 is 3.07 bits per heavy atom. The number of hydrogen-bond acceptors (Lipinski definition) is 4. The number of nitrogens with one attached hydrogen (secondary N) is 1. The van der Waals surface area contributed by atoms with E-state index in [1.165, 1.54) is 6.21 Å². The van der Waals surface area contributed by atoms with E-state index in [0.717, 1.165) is 31.3 Å². The van der Waals surface area contributed by atoms with Crippen LogP contribution in [0.25, 0.3) is 0 Å². The molecule has 0 aromatic rings. The molecule has 0 bridgehead atoms. The maximum absolute atomic E-state index is 10.9. The van der Waals surface area contributed by atoms with Gasteiger partial charge < -0.3 is 10.1 Å². The molecule has 0 radical (unpaired) electrons. The van der Waals surface area contributed by atoms with Gasteiger partial charge in [0, 0.05) is 12.5 Å². The Labute approximate surface area is 89.3 Å². The molecule has 1 fully saturated rings. The van der Waals surface area contributed by atoms with Gasteiger partial charge in [-0.05, 0) is 19.4 Å². The lowest BCUT2D eigenvalue weighted by Gasteiger charge is -2.22. The molecule has 0 aliphatic carbocycles. The molecule has 0 aromatic carbocycles. The molecule has 2 aliphatic rings. The average molecular weight is 230 g/mol. The minimum Gasteiger partial charge on any atom is -0.491 e. The van der Waals surface area contributed by atoms with Crippen LogP contribution in [0.5, 0.6) is 0 Å². The van der Waals surface area contributed by atoms with Crippen LogP contribution in [0.2, 0.25) is 0 Å². The van der Waals surface area contributed by atoms with Gasteiger partial charge in [0.05, 0.1) is 18.2 Å². The van der Waals surface area contributed by atoms with Crippen LogP contribution in [0, 0.1) is 5.92 Å². The van der Waals surface area contributed by atoms with E-state index in [9.17, 15) is 8.42 Å². The number of allylic oxidation sites excluding steroid dienone is 1. The minimum absolute atomic E-state index is 0.348. The van der Waals surface area contributed by atoms with Crippen molar-refractivity contribution in [1.29, 1.82) is 0 Å². The summed E-state index contributed by atoms with van der Waals surface area (Å²) >= 11 is 0. The summed E-state index contributed by atoms with van der Waals surface area (Å²) in [6, 6.07) is 0. The van der Waals surface area contributed by atoms with Gasteiger partial charge in [-0.3, -0.25) is 0 Å². The molecule has 2 heterocycles. The second-order valence-electron chi connectivity index (χ2n) is 3.79. The highest BCUT2D eigenvalue weighted by molar-refractivity contribution is 7.93.